The summed E-state index contributed by atoms with van der Waals surface area (Å²) >= 11 is 0. The van der Waals surface area contributed by atoms with Crippen molar-refractivity contribution in [2.75, 3.05) is 17.6 Å². The molecule has 1 atom stereocenters. The van der Waals surface area contributed by atoms with E-state index in [2.05, 4.69) is 30.8 Å². The Kier molecular flexibility index (Phi) is 3.49. The summed E-state index contributed by atoms with van der Waals surface area (Å²) in [6.45, 7) is 0.611. The van der Waals surface area contributed by atoms with Gasteiger partial charge in [-0.25, -0.2) is 4.98 Å². The molecule has 8 nitrogen and oxygen atoms in total. The molecule has 3 aromatic rings. The zero-order chi connectivity index (χ0) is 16.5. The third-order valence-electron chi connectivity index (χ3n) is 4.13. The van der Waals surface area contributed by atoms with Gasteiger partial charge < -0.3 is 16.4 Å². The number of hydrogen-bond donors (Lipinski definition) is 4. The molecular formula is C16H17N7O. The summed E-state index contributed by atoms with van der Waals surface area (Å²) in [5, 5.41) is 14.0. The molecule has 3 heterocycles. The topological polar surface area (TPSA) is 122 Å². The van der Waals surface area contributed by atoms with Crippen molar-refractivity contribution in [3.05, 3.63) is 30.5 Å². The number of fused-ring (bicyclic) bond motifs is 1. The maximum absolute atomic E-state index is 11.3. The van der Waals surface area contributed by atoms with Crippen LogP contribution in [0, 0.1) is 0 Å². The number of aromatic amines is 1. The van der Waals surface area contributed by atoms with Crippen LogP contribution in [0.2, 0.25) is 0 Å². The number of amides is 1. The van der Waals surface area contributed by atoms with Crippen molar-refractivity contribution in [3.8, 4) is 11.3 Å². The Morgan fingerprint density at radius 3 is 2.96 bits per heavy atom. The molecule has 1 aliphatic rings. The van der Waals surface area contributed by atoms with Gasteiger partial charge in [0.1, 0.15) is 5.82 Å². The van der Waals surface area contributed by atoms with Crippen molar-refractivity contribution in [1.29, 1.82) is 0 Å². The number of rotatable bonds is 4. The van der Waals surface area contributed by atoms with Gasteiger partial charge in [0.2, 0.25) is 11.9 Å². The molecule has 1 saturated heterocycles. The number of nitrogens with one attached hydrogen (secondary N) is 3. The van der Waals surface area contributed by atoms with Crippen LogP contribution in [0.1, 0.15) is 12.8 Å². The molecule has 122 valence electrons. The Morgan fingerprint density at radius 2 is 2.21 bits per heavy atom. The molecule has 1 aromatic carbocycles. The second kappa shape index (κ2) is 5.80. The lowest BCUT2D eigenvalue weighted by Gasteiger charge is -2.14. The molecule has 0 unspecified atom stereocenters. The Bertz CT molecular complexity index is 891. The van der Waals surface area contributed by atoms with Gasteiger partial charge in [0.25, 0.3) is 0 Å². The summed E-state index contributed by atoms with van der Waals surface area (Å²) in [6, 6.07) is 7.91. The highest BCUT2D eigenvalue weighted by molar-refractivity contribution is 5.92. The van der Waals surface area contributed by atoms with Crippen molar-refractivity contribution in [3.63, 3.8) is 0 Å². The summed E-state index contributed by atoms with van der Waals surface area (Å²) in [5.41, 5.74) is 8.50. The molecule has 1 amide bonds. The first kappa shape index (κ1) is 14.4. The zero-order valence-electron chi connectivity index (χ0n) is 12.9. The lowest BCUT2D eigenvalue weighted by atomic mass is 10.1. The predicted octanol–water partition coefficient (Wildman–Crippen LogP) is 1.29. The Hall–Kier alpha value is -3.16. The average Bonchev–Trinajstić information content (AvgIpc) is 3.23. The summed E-state index contributed by atoms with van der Waals surface area (Å²) < 4.78 is 0. The van der Waals surface area contributed by atoms with E-state index in [1.54, 1.807) is 6.20 Å². The molecule has 0 radical (unpaired) electrons. The fourth-order valence-corrected chi connectivity index (χ4v) is 2.92. The highest BCUT2D eigenvalue weighted by atomic mass is 16.1. The van der Waals surface area contributed by atoms with Crippen LogP contribution in [0.5, 0.6) is 0 Å². The van der Waals surface area contributed by atoms with Gasteiger partial charge in [-0.3, -0.25) is 9.89 Å². The second-order valence-electron chi connectivity index (χ2n) is 5.82. The maximum atomic E-state index is 11.3. The van der Waals surface area contributed by atoms with E-state index in [4.69, 9.17) is 5.73 Å². The number of nitrogen functional groups attached to an aromatic ring is 1. The van der Waals surface area contributed by atoms with Gasteiger partial charge in [0, 0.05) is 36.2 Å². The van der Waals surface area contributed by atoms with E-state index in [9.17, 15) is 4.79 Å². The third kappa shape index (κ3) is 2.73. The first-order valence-electron chi connectivity index (χ1n) is 7.79. The van der Waals surface area contributed by atoms with Crippen LogP contribution in [0.15, 0.2) is 30.5 Å². The number of nitrogens with two attached hydrogens (primary N) is 1. The van der Waals surface area contributed by atoms with Gasteiger partial charge in [-0.05, 0) is 24.6 Å². The molecule has 1 fully saturated rings. The second-order valence-corrected chi connectivity index (χ2v) is 5.82. The molecular weight excluding hydrogens is 306 g/mol. The van der Waals surface area contributed by atoms with E-state index < -0.39 is 0 Å². The first-order valence-corrected chi connectivity index (χ1v) is 7.79. The molecule has 24 heavy (non-hydrogen) atoms. The zero-order valence-corrected chi connectivity index (χ0v) is 12.9. The molecule has 0 aliphatic carbocycles. The van der Waals surface area contributed by atoms with Crippen molar-refractivity contribution >= 4 is 28.6 Å². The highest BCUT2D eigenvalue weighted by Gasteiger charge is 2.20. The van der Waals surface area contributed by atoms with Crippen molar-refractivity contribution in [2.45, 2.75) is 18.9 Å². The van der Waals surface area contributed by atoms with E-state index >= 15 is 0 Å². The number of hydrogen-bond acceptors (Lipinski definition) is 6. The molecule has 5 N–H and O–H groups in total. The summed E-state index contributed by atoms with van der Waals surface area (Å²) in [4.78, 5) is 19.9. The van der Waals surface area contributed by atoms with Crippen molar-refractivity contribution in [1.82, 2.24) is 25.5 Å². The first-order chi connectivity index (χ1) is 11.7. The van der Waals surface area contributed by atoms with E-state index in [0.29, 0.717) is 18.8 Å². The number of nitrogens with zero attached hydrogens (tertiary/aromatic N) is 3. The SMILES string of the molecule is Nc1nc(NC[C@H]2CCC(=O)N2)c2ccc(-c3ccn[nH]3)cc2n1. The summed E-state index contributed by atoms with van der Waals surface area (Å²) in [6.07, 6.45) is 3.11. The van der Waals surface area contributed by atoms with Crippen molar-refractivity contribution < 1.29 is 4.79 Å². The molecule has 8 heteroatoms. The quantitative estimate of drug-likeness (QED) is 0.574. The standard InChI is InChI=1S/C16H17N7O/c17-16-21-13-7-9(12-5-6-19-23-12)1-3-11(13)15(22-16)18-8-10-2-4-14(24)20-10/h1,3,5-7,10H,2,4,8H2,(H,19,23)(H,20,24)(H3,17,18,21,22)/t10-/m1/s1. The van der Waals surface area contributed by atoms with E-state index in [-0.39, 0.29) is 17.9 Å². The van der Waals surface area contributed by atoms with Crippen molar-refractivity contribution in [2.24, 2.45) is 0 Å². The van der Waals surface area contributed by atoms with Gasteiger partial charge in [0.15, 0.2) is 0 Å². The number of aromatic nitrogens is 4. The van der Waals surface area contributed by atoms with Crippen LogP contribution in [0.25, 0.3) is 22.2 Å². The number of benzene rings is 1. The van der Waals surface area contributed by atoms with E-state index in [1.165, 1.54) is 0 Å². The van der Waals surface area contributed by atoms with E-state index in [1.807, 2.05) is 24.3 Å². The summed E-state index contributed by atoms with van der Waals surface area (Å²) in [5.74, 6) is 0.982. The highest BCUT2D eigenvalue weighted by Crippen LogP contribution is 2.26. The lowest BCUT2D eigenvalue weighted by Crippen LogP contribution is -2.32. The minimum absolute atomic E-state index is 0.0954. The Balaban J connectivity index is 1.64. The Labute approximate surface area is 137 Å². The van der Waals surface area contributed by atoms with Crippen LogP contribution in [-0.2, 0) is 4.79 Å². The monoisotopic (exact) mass is 323 g/mol. The van der Waals surface area contributed by atoms with Gasteiger partial charge in [-0.2, -0.15) is 10.1 Å². The minimum atomic E-state index is 0.0954. The summed E-state index contributed by atoms with van der Waals surface area (Å²) in [7, 11) is 0. The van der Waals surface area contributed by atoms with Crippen LogP contribution in [-0.4, -0.2) is 38.7 Å². The lowest BCUT2D eigenvalue weighted by molar-refractivity contribution is -0.119. The van der Waals surface area contributed by atoms with Gasteiger partial charge in [-0.1, -0.05) is 6.07 Å². The van der Waals surface area contributed by atoms with Gasteiger partial charge in [-0.15, -0.1) is 0 Å². The molecule has 0 bridgehead atoms. The van der Waals surface area contributed by atoms with Crippen LogP contribution in [0.4, 0.5) is 11.8 Å². The molecule has 4 rings (SSSR count). The van der Waals surface area contributed by atoms with Gasteiger partial charge in [0.05, 0.1) is 11.2 Å². The molecule has 2 aromatic heterocycles. The third-order valence-corrected chi connectivity index (χ3v) is 4.13. The number of carbonyl (C=O) groups is 1. The minimum Gasteiger partial charge on any atom is -0.368 e. The van der Waals surface area contributed by atoms with Crippen LogP contribution >= 0.6 is 0 Å². The largest absolute Gasteiger partial charge is 0.368 e. The normalized spacial score (nSPS) is 17.2. The predicted molar refractivity (Wildman–Crippen MR) is 91.2 cm³/mol. The Morgan fingerprint density at radius 1 is 1.29 bits per heavy atom. The smallest absolute Gasteiger partial charge is 0.222 e. The number of carbonyl (C=O) groups excluding carboxylic acids is 1. The maximum Gasteiger partial charge on any atom is 0.222 e. The van der Waals surface area contributed by atoms with Crippen LogP contribution in [0.3, 0.4) is 0 Å². The fraction of sp³-hybridized carbons (Fsp3) is 0.250. The molecule has 0 saturated carbocycles. The van der Waals surface area contributed by atoms with E-state index in [0.717, 1.165) is 28.6 Å². The average molecular weight is 323 g/mol. The number of H-pyrrole nitrogens is 1. The number of anilines is 2. The molecule has 1 aliphatic heterocycles. The fourth-order valence-electron chi connectivity index (χ4n) is 2.92. The van der Waals surface area contributed by atoms with Gasteiger partial charge >= 0.3 is 0 Å². The van der Waals surface area contributed by atoms with Crippen LogP contribution < -0.4 is 16.4 Å². The molecule has 0 spiro atoms.